The molecule has 0 radical (unpaired) electrons. The smallest absolute Gasteiger partial charge is 0.252 e. The zero-order valence-electron chi connectivity index (χ0n) is 15.7. The molecule has 0 aliphatic rings. The topological polar surface area (TPSA) is 98.7 Å². The van der Waals surface area contributed by atoms with Crippen molar-refractivity contribution >= 4 is 33.4 Å². The van der Waals surface area contributed by atoms with Gasteiger partial charge in [-0.15, -0.1) is 0 Å². The molecule has 150 valence electrons. The van der Waals surface area contributed by atoms with Crippen LogP contribution in [0.15, 0.2) is 58.3 Å². The van der Waals surface area contributed by atoms with Crippen LogP contribution in [0.25, 0.3) is 0 Å². The summed E-state index contributed by atoms with van der Waals surface area (Å²) in [5.74, 6) is -0.514. The largest absolute Gasteiger partial charge is 0.392 e. The summed E-state index contributed by atoms with van der Waals surface area (Å²) in [6.45, 7) is 3.57. The molecule has 6 nitrogen and oxygen atoms in total. The molecule has 0 aliphatic heterocycles. The number of amides is 2. The summed E-state index contributed by atoms with van der Waals surface area (Å²) in [5.41, 5.74) is 1.02. The average Bonchev–Trinajstić information content (AvgIpc) is 2.69. The first-order valence-corrected chi connectivity index (χ1v) is 11.0. The van der Waals surface area contributed by atoms with Gasteiger partial charge >= 0.3 is 0 Å². The van der Waals surface area contributed by atoms with Crippen LogP contribution in [0.5, 0.6) is 0 Å². The number of aliphatic hydroxyl groups excluding tert-OH is 2. The highest BCUT2D eigenvalue weighted by molar-refractivity contribution is 8.76. The second-order valence-corrected chi connectivity index (χ2v) is 8.49. The first-order valence-electron chi connectivity index (χ1n) is 8.83. The van der Waals surface area contributed by atoms with E-state index in [9.17, 15) is 19.8 Å². The van der Waals surface area contributed by atoms with E-state index < -0.39 is 12.2 Å². The predicted octanol–water partition coefficient (Wildman–Crippen LogP) is 2.71. The summed E-state index contributed by atoms with van der Waals surface area (Å²) in [6, 6.07) is 14.4. The standard InChI is InChI=1S/C20H24N2O4S2/c1-13(23)11-21-19(25)15-7-3-5-9-17(15)27-28-18-10-6-4-8-16(18)20(26)22-12-14(2)24/h3-10,13-14,23-24H,11-12H2,1-2H3,(H,21,25)(H,22,26). The van der Waals surface area contributed by atoms with Crippen molar-refractivity contribution < 1.29 is 19.8 Å². The lowest BCUT2D eigenvalue weighted by molar-refractivity contribution is 0.0915. The number of benzene rings is 2. The Morgan fingerprint density at radius 1 is 0.786 bits per heavy atom. The summed E-state index contributed by atoms with van der Waals surface area (Å²) in [7, 11) is 2.77. The van der Waals surface area contributed by atoms with Crippen molar-refractivity contribution in [2.75, 3.05) is 13.1 Å². The molecule has 2 aromatic rings. The van der Waals surface area contributed by atoms with Crippen LogP contribution in [0.4, 0.5) is 0 Å². The van der Waals surface area contributed by atoms with Crippen molar-refractivity contribution in [2.45, 2.75) is 35.8 Å². The fourth-order valence-electron chi connectivity index (χ4n) is 2.21. The molecule has 2 amide bonds. The number of aliphatic hydroxyl groups is 2. The molecule has 0 spiro atoms. The molecule has 0 saturated heterocycles. The Kier molecular flexibility index (Phi) is 8.85. The fourth-order valence-corrected chi connectivity index (χ4v) is 4.57. The lowest BCUT2D eigenvalue weighted by Crippen LogP contribution is -2.30. The second-order valence-electron chi connectivity index (χ2n) is 6.28. The van der Waals surface area contributed by atoms with E-state index in [1.165, 1.54) is 21.6 Å². The summed E-state index contributed by atoms with van der Waals surface area (Å²) in [4.78, 5) is 26.3. The first kappa shape index (κ1) is 22.3. The second kappa shape index (κ2) is 11.1. The first-order chi connectivity index (χ1) is 13.4. The van der Waals surface area contributed by atoms with E-state index in [1.54, 1.807) is 38.1 Å². The Labute approximate surface area is 172 Å². The number of hydrogen-bond donors (Lipinski definition) is 4. The van der Waals surface area contributed by atoms with E-state index in [4.69, 9.17) is 0 Å². The van der Waals surface area contributed by atoms with Gasteiger partial charge in [0.15, 0.2) is 0 Å². The maximum absolute atomic E-state index is 12.4. The van der Waals surface area contributed by atoms with Crippen molar-refractivity contribution in [3.63, 3.8) is 0 Å². The molecule has 2 rings (SSSR count). The van der Waals surface area contributed by atoms with Gasteiger partial charge in [0, 0.05) is 22.9 Å². The molecule has 0 saturated carbocycles. The zero-order chi connectivity index (χ0) is 20.5. The molecule has 0 fully saturated rings. The van der Waals surface area contributed by atoms with Gasteiger partial charge in [-0.2, -0.15) is 0 Å². The minimum absolute atomic E-state index is 0.178. The highest BCUT2D eigenvalue weighted by Crippen LogP contribution is 2.40. The van der Waals surface area contributed by atoms with Crippen molar-refractivity contribution in [3.05, 3.63) is 59.7 Å². The van der Waals surface area contributed by atoms with Gasteiger partial charge in [0.25, 0.3) is 11.8 Å². The Hall–Kier alpha value is -2.00. The number of nitrogens with one attached hydrogen (secondary N) is 2. The lowest BCUT2D eigenvalue weighted by Gasteiger charge is -2.12. The number of rotatable bonds is 9. The normalized spacial score (nSPS) is 12.9. The third-order valence-electron chi connectivity index (χ3n) is 3.60. The third kappa shape index (κ3) is 6.87. The molecule has 0 aliphatic carbocycles. The molecule has 4 N–H and O–H groups in total. The number of carbonyl (C=O) groups is 2. The molecule has 0 bridgehead atoms. The Morgan fingerprint density at radius 2 is 1.14 bits per heavy atom. The summed E-state index contributed by atoms with van der Waals surface area (Å²) >= 11 is 0. The molecule has 28 heavy (non-hydrogen) atoms. The summed E-state index contributed by atoms with van der Waals surface area (Å²) in [5, 5.41) is 24.1. The van der Waals surface area contributed by atoms with Crippen LogP contribution in [0.1, 0.15) is 34.6 Å². The van der Waals surface area contributed by atoms with Crippen molar-refractivity contribution in [1.29, 1.82) is 0 Å². The molecule has 0 aromatic heterocycles. The Bertz CT molecular complexity index is 745. The van der Waals surface area contributed by atoms with Crippen molar-refractivity contribution in [3.8, 4) is 0 Å². The van der Waals surface area contributed by atoms with Gasteiger partial charge in [-0.3, -0.25) is 9.59 Å². The quantitative estimate of drug-likeness (QED) is 0.466. The fraction of sp³-hybridized carbons (Fsp3) is 0.300. The van der Waals surface area contributed by atoms with Gasteiger partial charge in [0.2, 0.25) is 0 Å². The van der Waals surface area contributed by atoms with E-state index in [0.29, 0.717) is 11.1 Å². The predicted molar refractivity (Wildman–Crippen MR) is 113 cm³/mol. The van der Waals surface area contributed by atoms with E-state index >= 15 is 0 Å². The van der Waals surface area contributed by atoms with Crippen LogP contribution in [0, 0.1) is 0 Å². The van der Waals surface area contributed by atoms with Gasteiger partial charge in [0.05, 0.1) is 23.3 Å². The van der Waals surface area contributed by atoms with Crippen LogP contribution < -0.4 is 10.6 Å². The van der Waals surface area contributed by atoms with Gasteiger partial charge < -0.3 is 20.8 Å². The molecule has 2 unspecified atom stereocenters. The van der Waals surface area contributed by atoms with Crippen LogP contribution in [-0.4, -0.2) is 47.3 Å². The Morgan fingerprint density at radius 3 is 1.50 bits per heavy atom. The SMILES string of the molecule is CC(O)CNC(=O)c1ccccc1SSc1ccccc1C(=O)NCC(C)O. The van der Waals surface area contributed by atoms with Gasteiger partial charge in [-0.25, -0.2) is 0 Å². The molecular formula is C20H24N2O4S2. The van der Waals surface area contributed by atoms with Crippen LogP contribution in [0.2, 0.25) is 0 Å². The van der Waals surface area contributed by atoms with Crippen LogP contribution in [-0.2, 0) is 0 Å². The number of carbonyl (C=O) groups excluding carboxylic acids is 2. The highest BCUT2D eigenvalue weighted by Gasteiger charge is 2.15. The molecular weight excluding hydrogens is 396 g/mol. The maximum atomic E-state index is 12.4. The maximum Gasteiger partial charge on any atom is 0.252 e. The van der Waals surface area contributed by atoms with Crippen LogP contribution >= 0.6 is 21.6 Å². The summed E-state index contributed by atoms with van der Waals surface area (Å²) < 4.78 is 0. The van der Waals surface area contributed by atoms with Crippen molar-refractivity contribution in [1.82, 2.24) is 10.6 Å². The Balaban J connectivity index is 2.11. The lowest BCUT2D eigenvalue weighted by atomic mass is 10.2. The van der Waals surface area contributed by atoms with Crippen molar-refractivity contribution in [2.24, 2.45) is 0 Å². The van der Waals surface area contributed by atoms with E-state index in [1.807, 2.05) is 24.3 Å². The van der Waals surface area contributed by atoms with E-state index in [-0.39, 0.29) is 24.9 Å². The molecule has 2 aromatic carbocycles. The minimum atomic E-state index is -0.620. The van der Waals surface area contributed by atoms with E-state index in [2.05, 4.69) is 10.6 Å². The molecule has 0 heterocycles. The minimum Gasteiger partial charge on any atom is -0.392 e. The molecule has 2 atom stereocenters. The zero-order valence-corrected chi connectivity index (χ0v) is 17.3. The van der Waals surface area contributed by atoms with Gasteiger partial charge in [-0.05, 0) is 38.1 Å². The molecule has 8 heteroatoms. The van der Waals surface area contributed by atoms with E-state index in [0.717, 1.165) is 9.79 Å². The van der Waals surface area contributed by atoms with Gasteiger partial charge in [0.1, 0.15) is 0 Å². The highest BCUT2D eigenvalue weighted by atomic mass is 33.1. The third-order valence-corrected chi connectivity index (χ3v) is 6.08. The van der Waals surface area contributed by atoms with Crippen LogP contribution in [0.3, 0.4) is 0 Å². The summed E-state index contributed by atoms with van der Waals surface area (Å²) in [6.07, 6.45) is -1.24. The monoisotopic (exact) mass is 420 g/mol. The average molecular weight is 421 g/mol. The van der Waals surface area contributed by atoms with Gasteiger partial charge in [-0.1, -0.05) is 45.9 Å². The number of hydrogen-bond acceptors (Lipinski definition) is 6.